The van der Waals surface area contributed by atoms with Crippen LogP contribution in [0.4, 0.5) is 5.69 Å². The number of para-hydroxylation sites is 1. The summed E-state index contributed by atoms with van der Waals surface area (Å²) in [5.41, 5.74) is 0.906. The third-order valence-electron chi connectivity index (χ3n) is 1.82. The van der Waals surface area contributed by atoms with E-state index < -0.39 is 0 Å². The van der Waals surface area contributed by atoms with Gasteiger partial charge in [0, 0.05) is 18.3 Å². The maximum Gasteiger partial charge on any atom is 0.0958 e. The molecule has 0 aromatic heterocycles. The Hall–Kier alpha value is -0.710. The molecule has 4 heteroatoms. The molecular formula is C11H17NO2S. The second kappa shape index (κ2) is 7.56. The summed E-state index contributed by atoms with van der Waals surface area (Å²) in [7, 11) is 0. The highest BCUT2D eigenvalue weighted by Crippen LogP contribution is 2.17. The van der Waals surface area contributed by atoms with Gasteiger partial charge in [0.1, 0.15) is 0 Å². The van der Waals surface area contributed by atoms with Crippen LogP contribution in [0.15, 0.2) is 30.3 Å². The van der Waals surface area contributed by atoms with E-state index in [1.54, 1.807) is 0 Å². The first kappa shape index (κ1) is 12.4. The van der Waals surface area contributed by atoms with Gasteiger partial charge in [0.25, 0.3) is 0 Å². The van der Waals surface area contributed by atoms with Gasteiger partial charge in [-0.25, -0.2) is 4.84 Å². The van der Waals surface area contributed by atoms with Crippen LogP contribution in [0.1, 0.15) is 19.8 Å². The topological polar surface area (TPSA) is 21.7 Å². The Morgan fingerprint density at radius 1 is 1.27 bits per heavy atom. The standard InChI is InChI=1S/C11H17NO2S/c1-3-4-10-13-12(14-15-2)11-8-6-5-7-9-11/h5-9H,3-4,10H2,1-2H3. The Labute approximate surface area is 95.5 Å². The van der Waals surface area contributed by atoms with Crippen molar-refractivity contribution in [1.29, 1.82) is 0 Å². The Morgan fingerprint density at radius 2 is 2.00 bits per heavy atom. The van der Waals surface area contributed by atoms with Crippen molar-refractivity contribution in [2.75, 3.05) is 18.1 Å². The van der Waals surface area contributed by atoms with Crippen molar-refractivity contribution in [2.24, 2.45) is 0 Å². The van der Waals surface area contributed by atoms with Crippen molar-refractivity contribution in [1.82, 2.24) is 0 Å². The first-order valence-electron chi connectivity index (χ1n) is 5.07. The van der Waals surface area contributed by atoms with E-state index in [1.165, 1.54) is 17.3 Å². The van der Waals surface area contributed by atoms with Gasteiger partial charge in [-0.2, -0.15) is 4.28 Å². The number of unbranched alkanes of at least 4 members (excludes halogenated alkanes) is 1. The van der Waals surface area contributed by atoms with Crippen molar-refractivity contribution in [3.8, 4) is 0 Å². The third kappa shape index (κ3) is 4.55. The van der Waals surface area contributed by atoms with Crippen LogP contribution in [0.25, 0.3) is 0 Å². The minimum absolute atomic E-state index is 0.673. The summed E-state index contributed by atoms with van der Waals surface area (Å²) in [4.78, 5) is 5.50. The van der Waals surface area contributed by atoms with E-state index in [4.69, 9.17) is 9.12 Å². The summed E-state index contributed by atoms with van der Waals surface area (Å²) in [6.45, 7) is 2.80. The fourth-order valence-corrected chi connectivity index (χ4v) is 1.31. The number of benzene rings is 1. The molecule has 0 spiro atoms. The van der Waals surface area contributed by atoms with Crippen molar-refractivity contribution >= 4 is 17.7 Å². The molecule has 1 aromatic rings. The van der Waals surface area contributed by atoms with Gasteiger partial charge in [0.2, 0.25) is 0 Å². The summed E-state index contributed by atoms with van der Waals surface area (Å²) in [5, 5.41) is 1.46. The normalized spacial score (nSPS) is 10.3. The minimum Gasteiger partial charge on any atom is -0.248 e. The molecular weight excluding hydrogens is 210 g/mol. The SMILES string of the molecule is CCCCON(OSC)c1ccccc1. The van der Waals surface area contributed by atoms with Crippen LogP contribution in [0.2, 0.25) is 0 Å². The summed E-state index contributed by atoms with van der Waals surface area (Å²) >= 11 is 1.26. The molecule has 0 saturated carbocycles. The molecule has 0 saturated heterocycles. The number of nitrogens with zero attached hydrogens (tertiary/aromatic N) is 1. The summed E-state index contributed by atoms with van der Waals surface area (Å²) in [6, 6.07) is 9.77. The zero-order chi connectivity index (χ0) is 10.9. The highest BCUT2D eigenvalue weighted by Gasteiger charge is 2.06. The van der Waals surface area contributed by atoms with Gasteiger partial charge < -0.3 is 0 Å². The van der Waals surface area contributed by atoms with Crippen LogP contribution in [0.5, 0.6) is 0 Å². The van der Waals surface area contributed by atoms with E-state index in [9.17, 15) is 0 Å². The lowest BCUT2D eigenvalue weighted by Gasteiger charge is -2.20. The second-order valence-electron chi connectivity index (χ2n) is 3.02. The molecule has 0 aliphatic rings. The largest absolute Gasteiger partial charge is 0.248 e. The Morgan fingerprint density at radius 3 is 2.60 bits per heavy atom. The monoisotopic (exact) mass is 227 g/mol. The lowest BCUT2D eigenvalue weighted by atomic mass is 10.3. The van der Waals surface area contributed by atoms with E-state index >= 15 is 0 Å². The fourth-order valence-electron chi connectivity index (χ4n) is 1.05. The maximum atomic E-state index is 5.50. The smallest absolute Gasteiger partial charge is 0.0958 e. The molecule has 0 amide bonds. The van der Waals surface area contributed by atoms with E-state index in [-0.39, 0.29) is 0 Å². The van der Waals surface area contributed by atoms with Crippen molar-refractivity contribution < 1.29 is 9.12 Å². The maximum absolute atomic E-state index is 5.50. The lowest BCUT2D eigenvalue weighted by Crippen LogP contribution is -2.21. The predicted molar refractivity (Wildman–Crippen MR) is 64.4 cm³/mol. The van der Waals surface area contributed by atoms with Gasteiger partial charge in [-0.3, -0.25) is 0 Å². The van der Waals surface area contributed by atoms with Gasteiger partial charge in [-0.1, -0.05) is 31.5 Å². The zero-order valence-corrected chi connectivity index (χ0v) is 10.00. The van der Waals surface area contributed by atoms with Crippen LogP contribution >= 0.6 is 12.0 Å². The zero-order valence-electron chi connectivity index (χ0n) is 9.18. The van der Waals surface area contributed by atoms with Crippen molar-refractivity contribution in [3.05, 3.63) is 30.3 Å². The van der Waals surface area contributed by atoms with E-state index in [1.807, 2.05) is 36.6 Å². The van der Waals surface area contributed by atoms with Crippen LogP contribution in [-0.2, 0) is 9.12 Å². The van der Waals surface area contributed by atoms with Crippen LogP contribution in [0.3, 0.4) is 0 Å². The molecule has 0 aliphatic heterocycles. The van der Waals surface area contributed by atoms with Crippen LogP contribution < -0.4 is 5.23 Å². The van der Waals surface area contributed by atoms with Crippen molar-refractivity contribution in [3.63, 3.8) is 0 Å². The summed E-state index contributed by atoms with van der Waals surface area (Å²) in [6.07, 6.45) is 4.00. The van der Waals surface area contributed by atoms with Gasteiger partial charge >= 0.3 is 0 Å². The average molecular weight is 227 g/mol. The molecule has 84 valence electrons. The molecule has 0 bridgehead atoms. The van der Waals surface area contributed by atoms with E-state index in [2.05, 4.69) is 6.92 Å². The van der Waals surface area contributed by atoms with Gasteiger partial charge in [-0.05, 0) is 18.6 Å². The fraction of sp³-hybridized carbons (Fsp3) is 0.455. The quantitative estimate of drug-likeness (QED) is 0.404. The minimum atomic E-state index is 0.673. The molecule has 1 rings (SSSR count). The van der Waals surface area contributed by atoms with Gasteiger partial charge in [0.15, 0.2) is 0 Å². The van der Waals surface area contributed by atoms with Crippen molar-refractivity contribution in [2.45, 2.75) is 19.8 Å². The van der Waals surface area contributed by atoms with Gasteiger partial charge in [0.05, 0.1) is 12.3 Å². The molecule has 0 aliphatic carbocycles. The van der Waals surface area contributed by atoms with Gasteiger partial charge in [-0.15, -0.1) is 5.23 Å². The molecule has 0 fully saturated rings. The summed E-state index contributed by atoms with van der Waals surface area (Å²) in [5.74, 6) is 0. The second-order valence-corrected chi connectivity index (χ2v) is 3.50. The number of anilines is 1. The highest BCUT2D eigenvalue weighted by molar-refractivity contribution is 7.93. The summed E-state index contributed by atoms with van der Waals surface area (Å²) < 4.78 is 5.30. The molecule has 15 heavy (non-hydrogen) atoms. The molecule has 0 N–H and O–H groups in total. The molecule has 1 aromatic carbocycles. The number of hydrogen-bond acceptors (Lipinski definition) is 4. The Bertz CT molecular complexity index is 256. The van der Waals surface area contributed by atoms with Crippen LogP contribution in [0, 0.1) is 0 Å². The first-order valence-corrected chi connectivity index (χ1v) is 6.22. The number of hydrogen-bond donors (Lipinski definition) is 0. The van der Waals surface area contributed by atoms with E-state index in [0.717, 1.165) is 18.5 Å². The Balaban J connectivity index is 2.50. The van der Waals surface area contributed by atoms with Crippen LogP contribution in [-0.4, -0.2) is 12.9 Å². The molecule has 0 atom stereocenters. The average Bonchev–Trinajstić information content (AvgIpc) is 2.29. The molecule has 3 nitrogen and oxygen atoms in total. The first-order chi connectivity index (χ1) is 7.38. The lowest BCUT2D eigenvalue weighted by molar-refractivity contribution is -0.0123. The molecule has 0 radical (unpaired) electrons. The third-order valence-corrected chi connectivity index (χ3v) is 2.10. The molecule has 0 heterocycles. The Kier molecular flexibility index (Phi) is 6.23. The number of rotatable bonds is 7. The highest BCUT2D eigenvalue weighted by atomic mass is 32.2. The van der Waals surface area contributed by atoms with E-state index in [0.29, 0.717) is 6.61 Å². The molecule has 0 unspecified atom stereocenters. The predicted octanol–water partition coefficient (Wildman–Crippen LogP) is 3.43.